The molecule has 1 saturated heterocycles. The fraction of sp³-hybridized carbons (Fsp3) is 0.286. The second-order valence-electron chi connectivity index (χ2n) is 7.33. The van der Waals surface area contributed by atoms with E-state index in [-0.39, 0.29) is 6.03 Å². The number of alkyl halides is 3. The first-order valence-electron chi connectivity index (χ1n) is 9.40. The van der Waals surface area contributed by atoms with Gasteiger partial charge in [-0.2, -0.15) is 13.2 Å². The van der Waals surface area contributed by atoms with Crippen LogP contribution in [0.5, 0.6) is 0 Å². The molecule has 0 aliphatic carbocycles. The topological polar surface area (TPSA) is 53.6 Å². The molecular weight excluding hydrogens is 419 g/mol. The molecule has 0 bridgehead atoms. The summed E-state index contributed by atoms with van der Waals surface area (Å²) in [5.74, 6) is 0. The molecule has 158 valence electrons. The van der Waals surface area contributed by atoms with Gasteiger partial charge in [-0.1, -0.05) is 23.7 Å². The summed E-state index contributed by atoms with van der Waals surface area (Å²) in [6, 6.07) is 11.4. The molecule has 5 nitrogen and oxygen atoms in total. The second kappa shape index (κ2) is 7.85. The van der Waals surface area contributed by atoms with Gasteiger partial charge in [0.25, 0.3) is 0 Å². The predicted octanol–water partition coefficient (Wildman–Crippen LogP) is 5.30. The molecule has 1 fully saturated rings. The Kier molecular flexibility index (Phi) is 5.38. The summed E-state index contributed by atoms with van der Waals surface area (Å²) in [7, 11) is 0. The van der Waals surface area contributed by atoms with Crippen LogP contribution in [0.25, 0.3) is 5.70 Å². The van der Waals surface area contributed by atoms with Gasteiger partial charge in [-0.3, -0.25) is 10.3 Å². The number of likely N-dealkylation sites (tertiary alicyclic amines) is 1. The summed E-state index contributed by atoms with van der Waals surface area (Å²) in [4.78, 5) is 19.9. The number of hydrogen-bond donors (Lipinski definition) is 2. The van der Waals surface area contributed by atoms with Gasteiger partial charge in [0.05, 0.1) is 11.3 Å². The molecule has 2 amide bonds. The Morgan fingerprint density at radius 1 is 1.07 bits per heavy atom. The number of carbonyl (C=O) groups excluding carboxylic acids is 1. The van der Waals surface area contributed by atoms with Gasteiger partial charge in [-0.05, 0) is 48.0 Å². The third-order valence-corrected chi connectivity index (χ3v) is 5.54. The quantitative estimate of drug-likeness (QED) is 0.670. The number of hydrogen-bond acceptors (Lipinski definition) is 3. The Hall–Kier alpha value is -2.71. The maximum Gasteiger partial charge on any atom is 0.416 e. The minimum atomic E-state index is -4.41. The van der Waals surface area contributed by atoms with Crippen LogP contribution in [0, 0.1) is 0 Å². The lowest BCUT2D eigenvalue weighted by Gasteiger charge is -2.36. The average molecular weight is 438 g/mol. The zero-order chi connectivity index (χ0) is 21.4. The summed E-state index contributed by atoms with van der Waals surface area (Å²) >= 11 is 5.93. The highest BCUT2D eigenvalue weighted by atomic mass is 35.5. The zero-order valence-electron chi connectivity index (χ0n) is 15.8. The smallest absolute Gasteiger partial charge is 0.324 e. The fourth-order valence-electron chi connectivity index (χ4n) is 3.53. The van der Waals surface area contributed by atoms with Gasteiger partial charge in [-0.15, -0.1) is 0 Å². The van der Waals surface area contributed by atoms with Crippen molar-refractivity contribution in [1.29, 1.82) is 0 Å². The van der Waals surface area contributed by atoms with Crippen molar-refractivity contribution in [3.63, 3.8) is 0 Å². The van der Waals surface area contributed by atoms with Gasteiger partial charge >= 0.3 is 12.2 Å². The van der Waals surface area contributed by atoms with Gasteiger partial charge in [0, 0.05) is 36.6 Å². The maximum absolute atomic E-state index is 12.6. The van der Waals surface area contributed by atoms with E-state index in [9.17, 15) is 18.0 Å². The predicted molar refractivity (Wildman–Crippen MR) is 108 cm³/mol. The molecular formula is C21H19ClF3N3O2. The van der Waals surface area contributed by atoms with Crippen molar-refractivity contribution in [3.05, 3.63) is 70.8 Å². The van der Waals surface area contributed by atoms with Gasteiger partial charge in [0.1, 0.15) is 5.60 Å². The number of nitrogens with one attached hydrogen (secondary N) is 2. The van der Waals surface area contributed by atoms with E-state index in [4.69, 9.17) is 16.4 Å². The Morgan fingerprint density at radius 2 is 1.70 bits per heavy atom. The van der Waals surface area contributed by atoms with Crippen LogP contribution in [0.2, 0.25) is 5.02 Å². The van der Waals surface area contributed by atoms with Crippen molar-refractivity contribution in [2.24, 2.45) is 0 Å². The van der Waals surface area contributed by atoms with Crippen LogP contribution in [-0.2, 0) is 11.0 Å². The highest BCUT2D eigenvalue weighted by Gasteiger charge is 2.40. The van der Waals surface area contributed by atoms with Crippen LogP contribution < -0.4 is 10.8 Å². The molecule has 0 unspecified atom stereocenters. The number of carbonyl (C=O) groups is 1. The zero-order valence-corrected chi connectivity index (χ0v) is 16.6. The lowest BCUT2D eigenvalue weighted by Crippen LogP contribution is -2.48. The molecule has 9 heteroatoms. The standard InChI is InChI=1S/C21H19ClF3N3O2/c22-16-5-1-14(2-6-16)18-13-20(30-27-18)9-11-28(12-10-20)19(29)26-17-7-3-15(4-8-17)21(23,24)25/h1-8,13,27H,9-12H2,(H,26,29). The highest BCUT2D eigenvalue weighted by Crippen LogP contribution is 2.35. The van der Waals surface area contributed by atoms with E-state index in [0.29, 0.717) is 36.6 Å². The number of urea groups is 1. The average Bonchev–Trinajstić information content (AvgIpc) is 3.12. The Bertz CT molecular complexity index is 951. The van der Waals surface area contributed by atoms with E-state index in [1.165, 1.54) is 12.1 Å². The van der Waals surface area contributed by atoms with E-state index in [2.05, 4.69) is 10.8 Å². The van der Waals surface area contributed by atoms with Crippen molar-refractivity contribution in [1.82, 2.24) is 10.4 Å². The van der Waals surface area contributed by atoms with E-state index in [1.54, 1.807) is 17.0 Å². The molecule has 0 atom stereocenters. The molecule has 2 aromatic rings. The van der Waals surface area contributed by atoms with Gasteiger partial charge in [-0.25, -0.2) is 4.79 Å². The van der Waals surface area contributed by atoms with Crippen LogP contribution in [-0.4, -0.2) is 29.6 Å². The molecule has 2 aliphatic rings. The number of hydroxylamine groups is 1. The number of halogens is 4. The molecule has 2 aliphatic heterocycles. The van der Waals surface area contributed by atoms with E-state index >= 15 is 0 Å². The van der Waals surface area contributed by atoms with Gasteiger partial charge < -0.3 is 10.2 Å². The highest BCUT2D eigenvalue weighted by molar-refractivity contribution is 6.30. The third kappa shape index (κ3) is 4.39. The van der Waals surface area contributed by atoms with Crippen molar-refractivity contribution in [2.45, 2.75) is 24.6 Å². The van der Waals surface area contributed by atoms with Crippen molar-refractivity contribution >= 4 is 29.0 Å². The first kappa shape index (κ1) is 20.6. The number of benzene rings is 2. The summed E-state index contributed by atoms with van der Waals surface area (Å²) in [6.45, 7) is 0.914. The molecule has 2 aromatic carbocycles. The van der Waals surface area contributed by atoms with Crippen LogP contribution in [0.4, 0.5) is 23.7 Å². The van der Waals surface area contributed by atoms with Crippen LogP contribution in [0.3, 0.4) is 0 Å². The molecule has 2 N–H and O–H groups in total. The number of nitrogens with zero attached hydrogens (tertiary/aromatic N) is 1. The number of piperidine rings is 1. The van der Waals surface area contributed by atoms with E-state index in [1.807, 2.05) is 18.2 Å². The van der Waals surface area contributed by atoms with E-state index in [0.717, 1.165) is 23.4 Å². The summed E-state index contributed by atoms with van der Waals surface area (Å²) in [5, 5.41) is 3.30. The minimum absolute atomic E-state index is 0.317. The lowest BCUT2D eigenvalue weighted by atomic mass is 9.90. The number of rotatable bonds is 2. The second-order valence-corrected chi connectivity index (χ2v) is 7.76. The van der Waals surface area contributed by atoms with Gasteiger partial charge in [0.15, 0.2) is 0 Å². The Labute approximate surface area is 176 Å². The Balaban J connectivity index is 1.35. The normalized spacial score (nSPS) is 18.1. The fourth-order valence-corrected chi connectivity index (χ4v) is 3.66. The maximum atomic E-state index is 12.6. The van der Waals surface area contributed by atoms with Crippen LogP contribution in [0.1, 0.15) is 24.0 Å². The first-order chi connectivity index (χ1) is 14.2. The molecule has 0 radical (unpaired) electrons. The lowest BCUT2D eigenvalue weighted by molar-refractivity contribution is -0.137. The van der Waals surface area contributed by atoms with Crippen molar-refractivity contribution in [3.8, 4) is 0 Å². The molecule has 1 spiro atoms. The first-order valence-corrected chi connectivity index (χ1v) is 9.78. The minimum Gasteiger partial charge on any atom is -0.324 e. The largest absolute Gasteiger partial charge is 0.416 e. The summed E-state index contributed by atoms with van der Waals surface area (Å²) in [5.41, 5.74) is 3.84. The number of anilines is 1. The molecule has 4 rings (SSSR count). The van der Waals surface area contributed by atoms with E-state index < -0.39 is 17.3 Å². The molecule has 30 heavy (non-hydrogen) atoms. The van der Waals surface area contributed by atoms with Crippen LogP contribution in [0.15, 0.2) is 54.6 Å². The van der Waals surface area contributed by atoms with Crippen molar-refractivity contribution < 1.29 is 22.8 Å². The monoisotopic (exact) mass is 437 g/mol. The third-order valence-electron chi connectivity index (χ3n) is 5.29. The molecule has 0 saturated carbocycles. The summed E-state index contributed by atoms with van der Waals surface area (Å²) in [6.07, 6.45) is -1.19. The summed E-state index contributed by atoms with van der Waals surface area (Å²) < 4.78 is 37.9. The number of amides is 2. The molecule has 2 heterocycles. The van der Waals surface area contributed by atoms with Gasteiger partial charge in [0.2, 0.25) is 0 Å². The van der Waals surface area contributed by atoms with Crippen LogP contribution >= 0.6 is 11.6 Å². The molecule has 0 aromatic heterocycles. The SMILES string of the molecule is O=C(Nc1ccc(C(F)(F)F)cc1)N1CCC2(C=C(c3ccc(Cl)cc3)NO2)CC1. The van der Waals surface area contributed by atoms with Crippen molar-refractivity contribution in [2.75, 3.05) is 18.4 Å². The Morgan fingerprint density at radius 3 is 2.30 bits per heavy atom.